The molecule has 0 spiro atoms. The van der Waals surface area contributed by atoms with Crippen LogP contribution in [0.5, 0.6) is 0 Å². The van der Waals surface area contributed by atoms with E-state index >= 15 is 0 Å². The number of rotatable bonds is 2. The lowest BCUT2D eigenvalue weighted by Gasteiger charge is -2.33. The maximum Gasteiger partial charge on any atom is 0.407 e. The van der Waals surface area contributed by atoms with Crippen molar-refractivity contribution in [1.82, 2.24) is 15.5 Å². The number of hydrogen-bond acceptors (Lipinski definition) is 3. The molecule has 19 heavy (non-hydrogen) atoms. The number of likely N-dealkylation sites (tertiary alicyclic amines) is 1. The largest absolute Gasteiger partial charge is 0.444 e. The summed E-state index contributed by atoms with van der Waals surface area (Å²) in [4.78, 5) is 25.1. The summed E-state index contributed by atoms with van der Waals surface area (Å²) in [6.07, 6.45) is 1.34. The molecule has 0 radical (unpaired) electrons. The van der Waals surface area contributed by atoms with Crippen LogP contribution in [-0.4, -0.2) is 48.3 Å². The van der Waals surface area contributed by atoms with Crippen molar-refractivity contribution in [2.45, 2.75) is 52.2 Å². The van der Waals surface area contributed by atoms with Crippen LogP contribution in [-0.2, 0) is 4.74 Å². The standard InChI is InChI=1S/C13H25N3O3/c1-5-14-11(17)16-8-6-7-10(9-16)15-12(18)19-13(2,3)4/h10H,5-9H2,1-4H3,(H,14,17)(H,15,18)/t10-/m1/s1. The lowest BCUT2D eigenvalue weighted by atomic mass is 10.1. The zero-order valence-corrected chi connectivity index (χ0v) is 12.3. The molecule has 3 amide bonds. The molecule has 1 saturated heterocycles. The second-order valence-electron chi connectivity index (χ2n) is 5.77. The van der Waals surface area contributed by atoms with E-state index in [0.29, 0.717) is 13.1 Å². The third-order valence-electron chi connectivity index (χ3n) is 2.76. The van der Waals surface area contributed by atoms with Crippen LogP contribution >= 0.6 is 0 Å². The number of hydrogen-bond donors (Lipinski definition) is 2. The van der Waals surface area contributed by atoms with Crippen molar-refractivity contribution >= 4 is 12.1 Å². The summed E-state index contributed by atoms with van der Waals surface area (Å²) >= 11 is 0. The Morgan fingerprint density at radius 1 is 1.37 bits per heavy atom. The van der Waals surface area contributed by atoms with Crippen LogP contribution in [0.2, 0.25) is 0 Å². The van der Waals surface area contributed by atoms with E-state index in [9.17, 15) is 9.59 Å². The average Bonchev–Trinajstić information content (AvgIpc) is 2.27. The number of carbonyl (C=O) groups excluding carboxylic acids is 2. The van der Waals surface area contributed by atoms with E-state index in [1.807, 2.05) is 27.7 Å². The fourth-order valence-electron chi connectivity index (χ4n) is 2.02. The monoisotopic (exact) mass is 271 g/mol. The Hall–Kier alpha value is -1.46. The highest BCUT2D eigenvalue weighted by Crippen LogP contribution is 2.12. The van der Waals surface area contributed by atoms with Gasteiger partial charge in [-0.2, -0.15) is 0 Å². The Bertz CT molecular complexity index is 326. The number of amides is 3. The van der Waals surface area contributed by atoms with Crippen LogP contribution in [0.25, 0.3) is 0 Å². The van der Waals surface area contributed by atoms with Gasteiger partial charge in [0.15, 0.2) is 0 Å². The average molecular weight is 271 g/mol. The van der Waals surface area contributed by atoms with Gasteiger partial charge in [-0.05, 0) is 40.5 Å². The summed E-state index contributed by atoms with van der Waals surface area (Å²) in [5.41, 5.74) is -0.502. The summed E-state index contributed by atoms with van der Waals surface area (Å²) in [7, 11) is 0. The molecular formula is C13H25N3O3. The molecule has 0 unspecified atom stereocenters. The van der Waals surface area contributed by atoms with Crippen molar-refractivity contribution in [2.24, 2.45) is 0 Å². The first kappa shape index (κ1) is 15.6. The zero-order valence-electron chi connectivity index (χ0n) is 12.3. The molecule has 0 aromatic heterocycles. The third-order valence-corrected chi connectivity index (χ3v) is 2.76. The third kappa shape index (κ3) is 5.81. The molecule has 6 nitrogen and oxygen atoms in total. The molecule has 1 fully saturated rings. The predicted molar refractivity (Wildman–Crippen MR) is 73.0 cm³/mol. The van der Waals surface area contributed by atoms with Crippen LogP contribution in [0.4, 0.5) is 9.59 Å². The number of nitrogens with one attached hydrogen (secondary N) is 2. The lowest BCUT2D eigenvalue weighted by molar-refractivity contribution is 0.0479. The smallest absolute Gasteiger partial charge is 0.407 e. The van der Waals surface area contributed by atoms with Crippen molar-refractivity contribution < 1.29 is 14.3 Å². The van der Waals surface area contributed by atoms with E-state index in [0.717, 1.165) is 19.4 Å². The number of carbonyl (C=O) groups is 2. The molecule has 0 aliphatic carbocycles. The van der Waals surface area contributed by atoms with E-state index in [4.69, 9.17) is 4.74 Å². The van der Waals surface area contributed by atoms with E-state index in [1.54, 1.807) is 4.90 Å². The van der Waals surface area contributed by atoms with Gasteiger partial charge in [0.1, 0.15) is 5.60 Å². The molecule has 1 rings (SSSR count). The number of ether oxygens (including phenoxy) is 1. The van der Waals surface area contributed by atoms with Gasteiger partial charge in [0.05, 0.1) is 0 Å². The van der Waals surface area contributed by atoms with Crippen molar-refractivity contribution in [2.75, 3.05) is 19.6 Å². The molecule has 1 atom stereocenters. The van der Waals surface area contributed by atoms with Gasteiger partial charge in [0.25, 0.3) is 0 Å². The van der Waals surface area contributed by atoms with Crippen LogP contribution in [0.15, 0.2) is 0 Å². The molecule has 110 valence electrons. The van der Waals surface area contributed by atoms with Gasteiger partial charge in [-0.15, -0.1) is 0 Å². The fraction of sp³-hybridized carbons (Fsp3) is 0.846. The van der Waals surface area contributed by atoms with E-state index in [-0.39, 0.29) is 12.1 Å². The van der Waals surface area contributed by atoms with Crippen molar-refractivity contribution in [3.8, 4) is 0 Å². The first-order valence-corrected chi connectivity index (χ1v) is 6.84. The van der Waals surface area contributed by atoms with Crippen LogP contribution in [0.1, 0.15) is 40.5 Å². The van der Waals surface area contributed by atoms with Crippen LogP contribution in [0, 0.1) is 0 Å². The molecule has 0 aromatic rings. The Morgan fingerprint density at radius 3 is 2.63 bits per heavy atom. The number of alkyl carbamates (subject to hydrolysis) is 1. The summed E-state index contributed by atoms with van der Waals surface area (Å²) in [6, 6.07) is -0.107. The van der Waals surface area contributed by atoms with Gasteiger partial charge in [-0.1, -0.05) is 0 Å². The highest BCUT2D eigenvalue weighted by Gasteiger charge is 2.26. The summed E-state index contributed by atoms with van der Waals surface area (Å²) in [6.45, 7) is 9.25. The highest BCUT2D eigenvalue weighted by atomic mass is 16.6. The van der Waals surface area contributed by atoms with E-state index in [2.05, 4.69) is 10.6 Å². The molecule has 2 N–H and O–H groups in total. The highest BCUT2D eigenvalue weighted by molar-refractivity contribution is 5.74. The molecule has 1 aliphatic heterocycles. The number of piperidine rings is 1. The molecular weight excluding hydrogens is 246 g/mol. The van der Waals surface area contributed by atoms with Gasteiger partial charge in [-0.3, -0.25) is 0 Å². The van der Waals surface area contributed by atoms with Crippen LogP contribution < -0.4 is 10.6 Å². The predicted octanol–water partition coefficient (Wildman–Crippen LogP) is 1.70. The van der Waals surface area contributed by atoms with Gasteiger partial charge in [0, 0.05) is 25.7 Å². The first-order chi connectivity index (χ1) is 8.81. The second kappa shape index (κ2) is 6.63. The summed E-state index contributed by atoms with van der Waals surface area (Å²) in [5, 5.41) is 5.59. The summed E-state index contributed by atoms with van der Waals surface area (Å²) in [5.74, 6) is 0. The van der Waals surface area contributed by atoms with E-state index < -0.39 is 11.7 Å². The van der Waals surface area contributed by atoms with Gasteiger partial charge in [0.2, 0.25) is 0 Å². The quantitative estimate of drug-likeness (QED) is 0.803. The minimum atomic E-state index is -0.502. The maximum absolute atomic E-state index is 11.7. The minimum absolute atomic E-state index is 0.0359. The maximum atomic E-state index is 11.7. The molecule has 0 saturated carbocycles. The Morgan fingerprint density at radius 2 is 2.05 bits per heavy atom. The van der Waals surface area contributed by atoms with Crippen molar-refractivity contribution in [3.05, 3.63) is 0 Å². The molecule has 0 bridgehead atoms. The van der Waals surface area contributed by atoms with Gasteiger partial charge < -0.3 is 20.3 Å². The molecule has 1 aliphatic rings. The topological polar surface area (TPSA) is 70.7 Å². The molecule has 6 heteroatoms. The Labute approximate surface area is 114 Å². The zero-order chi connectivity index (χ0) is 14.5. The van der Waals surface area contributed by atoms with Crippen molar-refractivity contribution in [1.29, 1.82) is 0 Å². The molecule has 1 heterocycles. The van der Waals surface area contributed by atoms with Crippen molar-refractivity contribution in [3.63, 3.8) is 0 Å². The fourth-order valence-corrected chi connectivity index (χ4v) is 2.02. The van der Waals surface area contributed by atoms with Crippen LogP contribution in [0.3, 0.4) is 0 Å². The summed E-state index contributed by atoms with van der Waals surface area (Å²) < 4.78 is 5.21. The lowest BCUT2D eigenvalue weighted by Crippen LogP contribution is -2.52. The number of nitrogens with zero attached hydrogens (tertiary/aromatic N) is 1. The Balaban J connectivity index is 2.42. The SMILES string of the molecule is CCNC(=O)N1CCC[C@@H](NC(=O)OC(C)(C)C)C1. The number of urea groups is 1. The molecule has 0 aromatic carbocycles. The Kier molecular flexibility index (Phi) is 5.44. The normalized spacial score (nSPS) is 19.8. The first-order valence-electron chi connectivity index (χ1n) is 6.84. The minimum Gasteiger partial charge on any atom is -0.444 e. The van der Waals surface area contributed by atoms with E-state index in [1.165, 1.54) is 0 Å². The van der Waals surface area contributed by atoms with Gasteiger partial charge >= 0.3 is 12.1 Å². The second-order valence-corrected chi connectivity index (χ2v) is 5.77. The van der Waals surface area contributed by atoms with Gasteiger partial charge in [-0.25, -0.2) is 9.59 Å².